The Labute approximate surface area is 186 Å². The summed E-state index contributed by atoms with van der Waals surface area (Å²) in [6.07, 6.45) is 7.74. The smallest absolute Gasteiger partial charge is 0.219 e. The molecule has 3 aromatic rings. The zero-order chi connectivity index (χ0) is 21.9. The first kappa shape index (κ1) is 22.4. The fraction of sp³-hybridized carbons (Fsp3) is 0.250. The van der Waals surface area contributed by atoms with E-state index in [1.165, 1.54) is 5.56 Å². The highest BCUT2D eigenvalue weighted by atomic mass is 16.5. The highest BCUT2D eigenvalue weighted by Gasteiger charge is 2.26. The number of hydrogen-bond acceptors (Lipinski definition) is 3. The van der Waals surface area contributed by atoms with E-state index in [-0.39, 0.29) is 5.41 Å². The van der Waals surface area contributed by atoms with Crippen molar-refractivity contribution in [3.05, 3.63) is 109 Å². The number of hydrogen-bond donors (Lipinski definition) is 0. The summed E-state index contributed by atoms with van der Waals surface area (Å²) in [6.45, 7) is 10.6. The Morgan fingerprint density at radius 3 is 2.35 bits per heavy atom. The summed E-state index contributed by atoms with van der Waals surface area (Å²) in [7, 11) is 0. The summed E-state index contributed by atoms with van der Waals surface area (Å²) in [4.78, 5) is 4.68. The van der Waals surface area contributed by atoms with Gasteiger partial charge in [-0.2, -0.15) is 0 Å². The first-order valence-electron chi connectivity index (χ1n) is 10.9. The summed E-state index contributed by atoms with van der Waals surface area (Å²) in [5, 5.41) is 0. The summed E-state index contributed by atoms with van der Waals surface area (Å²) in [5.74, 6) is 2.28. The molecule has 0 spiro atoms. The molecule has 1 heterocycles. The molecule has 0 radical (unpaired) electrons. The van der Waals surface area contributed by atoms with Crippen LogP contribution in [0.2, 0.25) is 0 Å². The molecule has 1 aromatic heterocycles. The maximum atomic E-state index is 5.87. The number of rotatable bonds is 12. The second-order valence-electron chi connectivity index (χ2n) is 7.57. The van der Waals surface area contributed by atoms with Gasteiger partial charge in [0.15, 0.2) is 0 Å². The minimum atomic E-state index is -0.0604. The highest BCUT2D eigenvalue weighted by Crippen LogP contribution is 2.35. The first-order valence-corrected chi connectivity index (χ1v) is 10.9. The van der Waals surface area contributed by atoms with E-state index in [0.717, 1.165) is 42.9 Å². The second kappa shape index (κ2) is 11.2. The van der Waals surface area contributed by atoms with Gasteiger partial charge in [0.1, 0.15) is 18.1 Å². The van der Waals surface area contributed by atoms with Crippen molar-refractivity contribution >= 4 is 0 Å². The number of nitrogens with zero attached hydrogens (tertiary/aromatic N) is 1. The lowest BCUT2D eigenvalue weighted by atomic mass is 9.74. The van der Waals surface area contributed by atoms with Gasteiger partial charge >= 0.3 is 0 Å². The number of para-hydroxylation sites is 1. The minimum Gasteiger partial charge on any atom is -0.490 e. The lowest BCUT2D eigenvalue weighted by molar-refractivity contribution is 0.362. The zero-order valence-electron chi connectivity index (χ0n) is 18.3. The van der Waals surface area contributed by atoms with Crippen LogP contribution in [0.15, 0.2) is 98.1 Å². The normalized spacial score (nSPS) is 12.5. The molecular formula is C28H31NO2. The molecular weight excluding hydrogens is 382 g/mol. The zero-order valence-corrected chi connectivity index (χ0v) is 18.3. The molecule has 2 aromatic carbocycles. The van der Waals surface area contributed by atoms with Gasteiger partial charge in [-0.15, -0.1) is 6.58 Å². The van der Waals surface area contributed by atoms with E-state index < -0.39 is 0 Å². The molecule has 3 nitrogen and oxygen atoms in total. The molecule has 1 unspecified atom stereocenters. The van der Waals surface area contributed by atoms with E-state index in [0.29, 0.717) is 12.5 Å². The Morgan fingerprint density at radius 2 is 1.68 bits per heavy atom. The van der Waals surface area contributed by atoms with Crippen molar-refractivity contribution in [2.75, 3.05) is 6.61 Å². The number of ether oxygens (including phenoxy) is 2. The lowest BCUT2D eigenvalue weighted by Gasteiger charge is -2.30. The van der Waals surface area contributed by atoms with Crippen LogP contribution in [0, 0.1) is 0 Å². The predicted octanol–water partition coefficient (Wildman–Crippen LogP) is 7.30. The van der Waals surface area contributed by atoms with Crippen LogP contribution in [0.4, 0.5) is 0 Å². The molecule has 0 saturated carbocycles. The van der Waals surface area contributed by atoms with E-state index in [2.05, 4.69) is 49.3 Å². The van der Waals surface area contributed by atoms with E-state index >= 15 is 0 Å². The van der Waals surface area contributed by atoms with Crippen LogP contribution < -0.4 is 9.47 Å². The van der Waals surface area contributed by atoms with Gasteiger partial charge in [0, 0.05) is 17.2 Å². The molecule has 0 aliphatic carbocycles. The molecule has 31 heavy (non-hydrogen) atoms. The van der Waals surface area contributed by atoms with Crippen LogP contribution in [0.1, 0.15) is 37.4 Å². The van der Waals surface area contributed by atoms with Gasteiger partial charge in [0.25, 0.3) is 0 Å². The van der Waals surface area contributed by atoms with Crippen molar-refractivity contribution in [1.29, 1.82) is 0 Å². The molecule has 3 heteroatoms. The van der Waals surface area contributed by atoms with Gasteiger partial charge in [-0.1, -0.05) is 62.1 Å². The summed E-state index contributed by atoms with van der Waals surface area (Å²) < 4.78 is 11.5. The Hall–Kier alpha value is -3.33. The molecule has 0 bridgehead atoms. The monoisotopic (exact) mass is 413 g/mol. The number of benzene rings is 2. The van der Waals surface area contributed by atoms with Crippen LogP contribution in [-0.2, 0) is 11.8 Å². The third-order valence-electron chi connectivity index (χ3n) is 5.62. The van der Waals surface area contributed by atoms with E-state index in [1.807, 2.05) is 54.6 Å². The second-order valence-corrected chi connectivity index (χ2v) is 7.57. The molecule has 1 atom stereocenters. The highest BCUT2D eigenvalue weighted by molar-refractivity contribution is 5.35. The van der Waals surface area contributed by atoms with Gasteiger partial charge < -0.3 is 9.47 Å². The maximum Gasteiger partial charge on any atom is 0.219 e. The summed E-state index contributed by atoms with van der Waals surface area (Å²) in [5.41, 5.74) is 2.25. The fourth-order valence-electron chi connectivity index (χ4n) is 3.78. The van der Waals surface area contributed by atoms with Gasteiger partial charge in [0.2, 0.25) is 5.88 Å². The first-order chi connectivity index (χ1) is 15.2. The van der Waals surface area contributed by atoms with Gasteiger partial charge in [0.05, 0.1) is 0 Å². The molecule has 0 amide bonds. The third-order valence-corrected chi connectivity index (χ3v) is 5.62. The van der Waals surface area contributed by atoms with Crippen molar-refractivity contribution in [3.63, 3.8) is 0 Å². The minimum absolute atomic E-state index is 0.0604. The predicted molar refractivity (Wildman–Crippen MR) is 128 cm³/mol. The standard InChI is InChI=1S/C28H31NO2/c1-4-22-30-25-19-17-23(18-20-25)28(5-2,6-3)21-11-13-24-12-10-16-27(29-24)31-26-14-8-7-9-15-26/h4-5,7-10,12,14-20H,1-2,6,11,13,21-22H2,3H3. The number of pyridine rings is 1. The van der Waals surface area contributed by atoms with E-state index in [1.54, 1.807) is 6.08 Å². The maximum absolute atomic E-state index is 5.87. The SMILES string of the molecule is C=CCOc1ccc(C(C=C)(CC)CCCc2cccc(Oc3ccccc3)n2)cc1. The van der Waals surface area contributed by atoms with Crippen LogP contribution in [0.25, 0.3) is 0 Å². The van der Waals surface area contributed by atoms with Crippen LogP contribution in [-0.4, -0.2) is 11.6 Å². The van der Waals surface area contributed by atoms with Crippen molar-refractivity contribution in [2.24, 2.45) is 0 Å². The van der Waals surface area contributed by atoms with Gasteiger partial charge in [-0.05, 0) is 61.6 Å². The average Bonchev–Trinajstić information content (AvgIpc) is 2.82. The molecule has 0 fully saturated rings. The Morgan fingerprint density at radius 1 is 0.903 bits per heavy atom. The lowest BCUT2D eigenvalue weighted by Crippen LogP contribution is -2.22. The molecule has 0 N–H and O–H groups in total. The topological polar surface area (TPSA) is 31.4 Å². The summed E-state index contributed by atoms with van der Waals surface area (Å²) >= 11 is 0. The fourth-order valence-corrected chi connectivity index (χ4v) is 3.78. The van der Waals surface area contributed by atoms with E-state index in [4.69, 9.17) is 9.47 Å². The number of aromatic nitrogens is 1. The Bertz CT molecular complexity index is 966. The van der Waals surface area contributed by atoms with Gasteiger partial charge in [-0.25, -0.2) is 4.98 Å². The molecule has 0 saturated heterocycles. The molecule has 160 valence electrons. The third kappa shape index (κ3) is 6.08. The number of aryl methyl sites for hydroxylation is 1. The molecule has 0 aliphatic rings. The van der Waals surface area contributed by atoms with Crippen molar-refractivity contribution in [2.45, 2.75) is 38.0 Å². The largest absolute Gasteiger partial charge is 0.490 e. The van der Waals surface area contributed by atoms with Crippen molar-refractivity contribution < 1.29 is 9.47 Å². The molecule has 0 aliphatic heterocycles. The number of allylic oxidation sites excluding steroid dienone is 1. The Kier molecular flexibility index (Phi) is 8.05. The van der Waals surface area contributed by atoms with Crippen molar-refractivity contribution in [3.8, 4) is 17.4 Å². The van der Waals surface area contributed by atoms with Gasteiger partial charge in [-0.3, -0.25) is 0 Å². The summed E-state index contributed by atoms with van der Waals surface area (Å²) in [6, 6.07) is 24.1. The molecule has 3 rings (SSSR count). The van der Waals surface area contributed by atoms with Crippen LogP contribution >= 0.6 is 0 Å². The average molecular weight is 414 g/mol. The van der Waals surface area contributed by atoms with E-state index in [9.17, 15) is 0 Å². The van der Waals surface area contributed by atoms with Crippen LogP contribution in [0.3, 0.4) is 0 Å². The Balaban J connectivity index is 1.63. The van der Waals surface area contributed by atoms with Crippen LogP contribution in [0.5, 0.6) is 17.4 Å². The van der Waals surface area contributed by atoms with Crippen molar-refractivity contribution in [1.82, 2.24) is 4.98 Å². The quantitative estimate of drug-likeness (QED) is 0.292.